The first-order valence-electron chi connectivity index (χ1n) is 4.38. The van der Waals surface area contributed by atoms with Gasteiger partial charge in [-0.15, -0.1) is 0 Å². The van der Waals surface area contributed by atoms with E-state index in [1.165, 1.54) is 0 Å². The average Bonchev–Trinajstić information content (AvgIpc) is 2.22. The van der Waals surface area contributed by atoms with Crippen LogP contribution in [0.3, 0.4) is 0 Å². The Morgan fingerprint density at radius 3 is 2.56 bits per heavy atom. The third kappa shape index (κ3) is 3.55. The molecule has 84 valence electrons. The molecule has 0 spiro atoms. The summed E-state index contributed by atoms with van der Waals surface area (Å²) in [5, 5.41) is 5.54. The number of nitrogens with one attached hydrogen (secondary N) is 1. The number of carbonyl (C=O) groups is 1. The largest absolute Gasteiger partial charge is 0.352 e. The zero-order valence-corrected chi connectivity index (χ0v) is 8.15. The molecule has 0 atom stereocenters. The molecular weight excluding hydrogens is 218 g/mol. The number of hydrogen-bond donors (Lipinski definition) is 1. The van der Waals surface area contributed by atoms with Gasteiger partial charge in [-0.05, 0) is 17.7 Å². The van der Waals surface area contributed by atoms with Gasteiger partial charge in [-0.3, -0.25) is 4.79 Å². The maximum Gasteiger partial charge on any atom is 0.251 e. The lowest BCUT2D eigenvalue weighted by atomic mass is 10.2. The van der Waals surface area contributed by atoms with Crippen LogP contribution >= 0.6 is 0 Å². The second-order valence-corrected chi connectivity index (χ2v) is 2.87. The Hall–Kier alpha value is -2.14. The lowest BCUT2D eigenvalue weighted by molar-refractivity contribution is 0.0954. The minimum atomic E-state index is -0.819. The molecule has 0 saturated carbocycles. The van der Waals surface area contributed by atoms with E-state index in [9.17, 15) is 13.6 Å². The van der Waals surface area contributed by atoms with E-state index in [1.807, 2.05) is 0 Å². The molecule has 0 aliphatic carbocycles. The van der Waals surface area contributed by atoms with Crippen molar-refractivity contribution in [2.45, 2.75) is 0 Å². The van der Waals surface area contributed by atoms with Crippen LogP contribution in [0.5, 0.6) is 0 Å². The van der Waals surface area contributed by atoms with Gasteiger partial charge in [0, 0.05) is 29.6 Å². The zero-order valence-electron chi connectivity index (χ0n) is 8.15. The topological polar surface area (TPSA) is 77.9 Å². The van der Waals surface area contributed by atoms with Crippen LogP contribution in [0.25, 0.3) is 10.4 Å². The highest BCUT2D eigenvalue weighted by Gasteiger charge is 2.07. The van der Waals surface area contributed by atoms with E-state index in [-0.39, 0.29) is 18.7 Å². The fourth-order valence-electron chi connectivity index (χ4n) is 1.05. The first-order chi connectivity index (χ1) is 7.63. The monoisotopic (exact) mass is 226 g/mol. The maximum absolute atomic E-state index is 12.7. The summed E-state index contributed by atoms with van der Waals surface area (Å²) in [4.78, 5) is 13.8. The Labute approximate surface area is 89.7 Å². The summed E-state index contributed by atoms with van der Waals surface area (Å²) in [5.41, 5.74) is 7.86. The van der Waals surface area contributed by atoms with E-state index in [4.69, 9.17) is 5.53 Å². The Morgan fingerprint density at radius 1 is 1.38 bits per heavy atom. The van der Waals surface area contributed by atoms with Crippen molar-refractivity contribution >= 4 is 5.91 Å². The minimum absolute atomic E-state index is 0.0834. The highest BCUT2D eigenvalue weighted by molar-refractivity contribution is 5.94. The standard InChI is InChI=1S/C9H8F2N4O/c10-7-3-6(4-8(11)5-7)9(16)13-1-2-14-15-12/h3-5H,1-2H2,(H,13,16). The zero-order chi connectivity index (χ0) is 12.0. The van der Waals surface area contributed by atoms with Crippen LogP contribution in [0.2, 0.25) is 0 Å². The molecule has 0 aliphatic heterocycles. The van der Waals surface area contributed by atoms with Crippen molar-refractivity contribution in [2.24, 2.45) is 5.11 Å². The summed E-state index contributed by atoms with van der Waals surface area (Å²) in [6.45, 7) is 0.195. The van der Waals surface area contributed by atoms with E-state index >= 15 is 0 Å². The molecule has 1 amide bonds. The lowest BCUT2D eigenvalue weighted by Crippen LogP contribution is -2.26. The number of nitrogens with zero attached hydrogens (tertiary/aromatic N) is 3. The molecule has 7 heteroatoms. The Morgan fingerprint density at radius 2 is 2.00 bits per heavy atom. The quantitative estimate of drug-likeness (QED) is 0.362. The number of azide groups is 1. The number of carbonyl (C=O) groups excluding carboxylic acids is 1. The first-order valence-corrected chi connectivity index (χ1v) is 4.38. The summed E-state index contributed by atoms with van der Waals surface area (Å²) >= 11 is 0. The highest BCUT2D eigenvalue weighted by atomic mass is 19.1. The van der Waals surface area contributed by atoms with Gasteiger partial charge in [0.15, 0.2) is 0 Å². The van der Waals surface area contributed by atoms with Crippen molar-refractivity contribution in [1.29, 1.82) is 0 Å². The summed E-state index contributed by atoms with van der Waals surface area (Å²) in [5.74, 6) is -2.26. The van der Waals surface area contributed by atoms with Gasteiger partial charge in [0.2, 0.25) is 0 Å². The molecule has 1 aromatic carbocycles. The smallest absolute Gasteiger partial charge is 0.251 e. The molecular formula is C9H8F2N4O. The van der Waals surface area contributed by atoms with Crippen LogP contribution in [0, 0.1) is 11.6 Å². The summed E-state index contributed by atoms with van der Waals surface area (Å²) in [6, 6.07) is 2.52. The van der Waals surface area contributed by atoms with Crippen LogP contribution in [-0.4, -0.2) is 19.0 Å². The molecule has 0 radical (unpaired) electrons. The van der Waals surface area contributed by atoms with Gasteiger partial charge in [0.1, 0.15) is 11.6 Å². The molecule has 1 rings (SSSR count). The molecule has 0 saturated heterocycles. The maximum atomic E-state index is 12.7. The predicted molar refractivity (Wildman–Crippen MR) is 52.7 cm³/mol. The van der Waals surface area contributed by atoms with Crippen molar-refractivity contribution < 1.29 is 13.6 Å². The minimum Gasteiger partial charge on any atom is -0.352 e. The van der Waals surface area contributed by atoms with E-state index in [2.05, 4.69) is 15.3 Å². The number of amides is 1. The molecule has 0 bridgehead atoms. The van der Waals surface area contributed by atoms with Crippen LogP contribution in [-0.2, 0) is 0 Å². The van der Waals surface area contributed by atoms with Crippen molar-refractivity contribution in [1.82, 2.24) is 5.32 Å². The second-order valence-electron chi connectivity index (χ2n) is 2.87. The number of benzene rings is 1. The molecule has 16 heavy (non-hydrogen) atoms. The summed E-state index contributed by atoms with van der Waals surface area (Å²) in [7, 11) is 0. The molecule has 0 aromatic heterocycles. The molecule has 0 aliphatic rings. The lowest BCUT2D eigenvalue weighted by Gasteiger charge is -2.03. The van der Waals surface area contributed by atoms with Gasteiger partial charge in [-0.1, -0.05) is 5.11 Å². The molecule has 0 heterocycles. The first kappa shape index (κ1) is 11.9. The third-order valence-electron chi connectivity index (χ3n) is 1.69. The van der Waals surface area contributed by atoms with Crippen molar-refractivity contribution in [3.05, 3.63) is 45.8 Å². The highest BCUT2D eigenvalue weighted by Crippen LogP contribution is 2.07. The Bertz CT molecular complexity index is 423. The van der Waals surface area contributed by atoms with Crippen molar-refractivity contribution in [2.75, 3.05) is 13.1 Å². The van der Waals surface area contributed by atoms with Gasteiger partial charge in [0.25, 0.3) is 5.91 Å². The second kappa shape index (κ2) is 5.67. The summed E-state index contributed by atoms with van der Waals surface area (Å²) < 4.78 is 25.5. The van der Waals surface area contributed by atoms with Gasteiger partial charge >= 0.3 is 0 Å². The normalized spacial score (nSPS) is 9.38. The van der Waals surface area contributed by atoms with Gasteiger partial charge in [-0.2, -0.15) is 0 Å². The van der Waals surface area contributed by atoms with E-state index in [0.717, 1.165) is 12.1 Å². The Kier molecular flexibility index (Phi) is 4.23. The van der Waals surface area contributed by atoms with Gasteiger partial charge in [0.05, 0.1) is 0 Å². The number of hydrogen-bond acceptors (Lipinski definition) is 2. The van der Waals surface area contributed by atoms with Gasteiger partial charge < -0.3 is 5.32 Å². The SMILES string of the molecule is [N-]=[N+]=NCCNC(=O)c1cc(F)cc(F)c1. The van der Waals surface area contributed by atoms with E-state index in [1.54, 1.807) is 0 Å². The van der Waals surface area contributed by atoms with E-state index in [0.29, 0.717) is 6.07 Å². The predicted octanol–water partition coefficient (Wildman–Crippen LogP) is 2.00. The molecule has 1 N–H and O–H groups in total. The third-order valence-corrected chi connectivity index (χ3v) is 1.69. The van der Waals surface area contributed by atoms with Crippen molar-refractivity contribution in [3.63, 3.8) is 0 Å². The van der Waals surface area contributed by atoms with Crippen LogP contribution in [0.4, 0.5) is 8.78 Å². The summed E-state index contributed by atoms with van der Waals surface area (Å²) in [6.07, 6.45) is 0. The van der Waals surface area contributed by atoms with Crippen LogP contribution in [0.1, 0.15) is 10.4 Å². The Balaban J connectivity index is 2.62. The molecule has 0 unspecified atom stereocenters. The average molecular weight is 226 g/mol. The number of rotatable bonds is 4. The van der Waals surface area contributed by atoms with Gasteiger partial charge in [-0.25, -0.2) is 8.78 Å². The molecule has 0 fully saturated rings. The fraction of sp³-hybridized carbons (Fsp3) is 0.222. The van der Waals surface area contributed by atoms with E-state index < -0.39 is 17.5 Å². The van der Waals surface area contributed by atoms with Crippen molar-refractivity contribution in [3.8, 4) is 0 Å². The molecule has 5 nitrogen and oxygen atoms in total. The molecule has 1 aromatic rings. The number of halogens is 2. The van der Waals surface area contributed by atoms with Crippen LogP contribution in [0.15, 0.2) is 23.3 Å². The fourth-order valence-corrected chi connectivity index (χ4v) is 1.05. The van der Waals surface area contributed by atoms with Crippen LogP contribution < -0.4 is 5.32 Å².